The molecule has 0 bridgehead atoms. The van der Waals surface area contributed by atoms with Crippen LogP contribution in [-0.4, -0.2) is 25.5 Å². The maximum atomic E-state index is 12.1. The summed E-state index contributed by atoms with van der Waals surface area (Å²) in [7, 11) is 0. The van der Waals surface area contributed by atoms with Crippen molar-refractivity contribution in [3.63, 3.8) is 0 Å². The summed E-state index contributed by atoms with van der Waals surface area (Å²) >= 11 is 0. The third-order valence-electron chi connectivity index (χ3n) is 3.65. The van der Waals surface area contributed by atoms with E-state index in [2.05, 4.69) is 17.6 Å². The smallest absolute Gasteiger partial charge is 0.254 e. The summed E-state index contributed by atoms with van der Waals surface area (Å²) in [6.07, 6.45) is 2.33. The van der Waals surface area contributed by atoms with Gasteiger partial charge in [-0.15, -0.1) is 0 Å². The van der Waals surface area contributed by atoms with E-state index in [1.807, 2.05) is 13.8 Å². The summed E-state index contributed by atoms with van der Waals surface area (Å²) in [4.78, 5) is 12.1. The van der Waals surface area contributed by atoms with E-state index in [0.29, 0.717) is 17.9 Å². The normalized spacial score (nSPS) is 23.9. The lowest BCUT2D eigenvalue weighted by Crippen LogP contribution is -2.45. The molecule has 1 atom stereocenters. The van der Waals surface area contributed by atoms with Crippen LogP contribution in [0.25, 0.3) is 0 Å². The summed E-state index contributed by atoms with van der Waals surface area (Å²) in [6, 6.07) is 1.80. The largest absolute Gasteiger partial charge is 0.466 e. The molecule has 1 fully saturated rings. The van der Waals surface area contributed by atoms with Gasteiger partial charge in [-0.3, -0.25) is 4.79 Å². The van der Waals surface area contributed by atoms with Gasteiger partial charge >= 0.3 is 0 Å². The van der Waals surface area contributed by atoms with Crippen LogP contribution in [0.3, 0.4) is 0 Å². The average molecular weight is 250 g/mol. The maximum Gasteiger partial charge on any atom is 0.254 e. The van der Waals surface area contributed by atoms with Crippen molar-refractivity contribution >= 4 is 5.91 Å². The van der Waals surface area contributed by atoms with Crippen LogP contribution < -0.4 is 10.6 Å². The summed E-state index contributed by atoms with van der Waals surface area (Å²) < 4.78 is 5.38. The van der Waals surface area contributed by atoms with Crippen LogP contribution in [0.15, 0.2) is 10.5 Å². The number of rotatable bonds is 3. The number of hydrogen-bond donors (Lipinski definition) is 2. The van der Waals surface area contributed by atoms with Crippen LogP contribution in [0, 0.1) is 19.3 Å². The van der Waals surface area contributed by atoms with Gasteiger partial charge in [-0.2, -0.15) is 0 Å². The Hall–Kier alpha value is -1.29. The van der Waals surface area contributed by atoms with Crippen molar-refractivity contribution in [1.29, 1.82) is 0 Å². The Bertz CT molecular complexity index is 431. The molecule has 2 heterocycles. The highest BCUT2D eigenvalue weighted by molar-refractivity contribution is 5.95. The first-order chi connectivity index (χ1) is 8.50. The zero-order valence-electron chi connectivity index (χ0n) is 11.4. The van der Waals surface area contributed by atoms with Crippen molar-refractivity contribution < 1.29 is 9.21 Å². The van der Waals surface area contributed by atoms with Gasteiger partial charge in [0.1, 0.15) is 11.5 Å². The van der Waals surface area contributed by atoms with Crippen LogP contribution in [0.4, 0.5) is 0 Å². The highest BCUT2D eigenvalue weighted by Crippen LogP contribution is 2.24. The maximum absolute atomic E-state index is 12.1. The van der Waals surface area contributed by atoms with Crippen LogP contribution >= 0.6 is 0 Å². The molecule has 0 spiro atoms. The Morgan fingerprint density at radius 3 is 2.89 bits per heavy atom. The molecule has 1 saturated heterocycles. The second-order valence-electron chi connectivity index (χ2n) is 5.60. The van der Waals surface area contributed by atoms with Crippen molar-refractivity contribution in [2.45, 2.75) is 33.6 Å². The van der Waals surface area contributed by atoms with Crippen LogP contribution in [0.1, 0.15) is 41.6 Å². The van der Waals surface area contributed by atoms with Gasteiger partial charge in [-0.25, -0.2) is 0 Å². The summed E-state index contributed by atoms with van der Waals surface area (Å²) in [5, 5.41) is 6.41. The van der Waals surface area contributed by atoms with Gasteiger partial charge in [0, 0.05) is 13.1 Å². The topological polar surface area (TPSA) is 54.3 Å². The number of piperidine rings is 1. The molecule has 4 heteroatoms. The highest BCUT2D eigenvalue weighted by Gasteiger charge is 2.27. The molecule has 18 heavy (non-hydrogen) atoms. The Morgan fingerprint density at radius 2 is 2.33 bits per heavy atom. The molecule has 2 rings (SSSR count). The third kappa shape index (κ3) is 2.93. The predicted molar refractivity (Wildman–Crippen MR) is 70.7 cm³/mol. The van der Waals surface area contributed by atoms with Crippen molar-refractivity contribution in [2.75, 3.05) is 19.6 Å². The highest BCUT2D eigenvalue weighted by atomic mass is 16.3. The van der Waals surface area contributed by atoms with E-state index < -0.39 is 0 Å². The number of amides is 1. The van der Waals surface area contributed by atoms with E-state index in [4.69, 9.17) is 4.42 Å². The molecule has 1 aromatic heterocycles. The number of nitrogens with one attached hydrogen (secondary N) is 2. The minimum atomic E-state index is -0.0313. The fourth-order valence-corrected chi connectivity index (χ4v) is 2.51. The lowest BCUT2D eigenvalue weighted by molar-refractivity contribution is 0.0923. The molecule has 0 aliphatic carbocycles. The fourth-order valence-electron chi connectivity index (χ4n) is 2.51. The van der Waals surface area contributed by atoms with Gasteiger partial charge in [0.2, 0.25) is 0 Å². The Balaban J connectivity index is 1.94. The molecule has 0 saturated carbocycles. The van der Waals surface area contributed by atoms with E-state index in [0.717, 1.165) is 25.3 Å². The van der Waals surface area contributed by atoms with Gasteiger partial charge in [0.05, 0.1) is 5.56 Å². The molecule has 100 valence electrons. The quantitative estimate of drug-likeness (QED) is 0.863. The SMILES string of the molecule is Cc1cc(C(=O)NCC2(C)CCCNC2)c(C)o1. The van der Waals surface area contributed by atoms with Crippen molar-refractivity contribution in [1.82, 2.24) is 10.6 Å². The van der Waals surface area contributed by atoms with E-state index >= 15 is 0 Å². The van der Waals surface area contributed by atoms with Crippen LogP contribution in [-0.2, 0) is 0 Å². The predicted octanol–water partition coefficient (Wildman–Crippen LogP) is 2.02. The molecular weight excluding hydrogens is 228 g/mol. The first-order valence-corrected chi connectivity index (χ1v) is 6.56. The zero-order valence-corrected chi connectivity index (χ0v) is 11.4. The Kier molecular flexibility index (Phi) is 3.76. The molecule has 4 nitrogen and oxygen atoms in total. The molecule has 0 radical (unpaired) electrons. The molecular formula is C14H22N2O2. The van der Waals surface area contributed by atoms with E-state index in [-0.39, 0.29) is 11.3 Å². The fraction of sp³-hybridized carbons (Fsp3) is 0.643. The summed E-state index contributed by atoms with van der Waals surface area (Å²) in [5.74, 6) is 1.44. The van der Waals surface area contributed by atoms with Crippen LogP contribution in [0.5, 0.6) is 0 Å². The number of carbonyl (C=O) groups excluding carboxylic acids is 1. The lowest BCUT2D eigenvalue weighted by Gasteiger charge is -2.34. The second kappa shape index (κ2) is 5.14. The molecule has 1 aliphatic heterocycles. The minimum Gasteiger partial charge on any atom is -0.466 e. The van der Waals surface area contributed by atoms with Gasteiger partial charge in [-0.1, -0.05) is 6.92 Å². The van der Waals surface area contributed by atoms with Gasteiger partial charge in [-0.05, 0) is 44.7 Å². The molecule has 1 amide bonds. The monoisotopic (exact) mass is 250 g/mol. The van der Waals surface area contributed by atoms with Crippen LogP contribution in [0.2, 0.25) is 0 Å². The standard InChI is InChI=1S/C14H22N2O2/c1-10-7-12(11(2)18-10)13(17)16-9-14(3)5-4-6-15-8-14/h7,15H,4-6,8-9H2,1-3H3,(H,16,17). The number of furan rings is 1. The summed E-state index contributed by atoms with van der Waals surface area (Å²) in [5.41, 5.74) is 0.820. The summed E-state index contributed by atoms with van der Waals surface area (Å²) in [6.45, 7) is 8.66. The first kappa shape index (κ1) is 13.1. The lowest BCUT2D eigenvalue weighted by atomic mass is 9.83. The Labute approximate surface area is 108 Å². The number of hydrogen-bond acceptors (Lipinski definition) is 3. The van der Waals surface area contributed by atoms with E-state index in [9.17, 15) is 4.79 Å². The Morgan fingerprint density at radius 1 is 1.56 bits per heavy atom. The van der Waals surface area contributed by atoms with Crippen molar-refractivity contribution in [3.8, 4) is 0 Å². The number of carbonyl (C=O) groups is 1. The molecule has 1 unspecified atom stereocenters. The van der Waals surface area contributed by atoms with E-state index in [1.54, 1.807) is 6.07 Å². The molecule has 1 aliphatic rings. The molecule has 2 N–H and O–H groups in total. The first-order valence-electron chi connectivity index (χ1n) is 6.56. The third-order valence-corrected chi connectivity index (χ3v) is 3.65. The van der Waals surface area contributed by atoms with Crippen molar-refractivity contribution in [2.24, 2.45) is 5.41 Å². The molecule has 1 aromatic rings. The second-order valence-corrected chi connectivity index (χ2v) is 5.60. The number of aryl methyl sites for hydroxylation is 2. The minimum absolute atomic E-state index is 0.0313. The molecule has 0 aromatic carbocycles. The van der Waals surface area contributed by atoms with Crippen molar-refractivity contribution in [3.05, 3.63) is 23.2 Å². The van der Waals surface area contributed by atoms with Gasteiger partial charge in [0.15, 0.2) is 0 Å². The van der Waals surface area contributed by atoms with Gasteiger partial charge < -0.3 is 15.1 Å². The van der Waals surface area contributed by atoms with E-state index in [1.165, 1.54) is 6.42 Å². The van der Waals surface area contributed by atoms with Gasteiger partial charge in [0.25, 0.3) is 5.91 Å². The zero-order chi connectivity index (χ0) is 13.2. The average Bonchev–Trinajstić information content (AvgIpc) is 2.67.